The molecule has 0 saturated heterocycles. The molecule has 0 unspecified atom stereocenters. The molecule has 0 amide bonds. The van der Waals surface area contributed by atoms with Gasteiger partial charge in [0.1, 0.15) is 11.5 Å². The maximum absolute atomic E-state index is 13.2. The average molecular weight is 288 g/mol. The summed E-state index contributed by atoms with van der Waals surface area (Å²) in [5.41, 5.74) is -2.79. The van der Waals surface area contributed by atoms with Gasteiger partial charge in [-0.15, -0.1) is 0 Å². The van der Waals surface area contributed by atoms with E-state index in [1.165, 1.54) is 19.1 Å². The van der Waals surface area contributed by atoms with Gasteiger partial charge in [-0.25, -0.2) is 0 Å². The Morgan fingerprint density at radius 2 is 2.00 bits per heavy atom. The number of ketones is 1. The molecule has 0 bridgehead atoms. The first-order valence-electron chi connectivity index (χ1n) is 6.31. The second kappa shape index (κ2) is 5.09. The molecule has 0 aliphatic heterocycles. The minimum atomic E-state index is -4.88. The second-order valence-electron chi connectivity index (χ2n) is 5.07. The standard InChI is InChI=1S/C14H15F3O3/c1-9-5-6-12(20-9)13(19,14(15,16)17)8-10-3-2-4-11(18)7-10/h5-7,19H,2-4,8H2,1H3/t13-/m1/s1. The van der Waals surface area contributed by atoms with Crippen LogP contribution < -0.4 is 0 Å². The minimum absolute atomic E-state index is 0.202. The van der Waals surface area contributed by atoms with Gasteiger partial charge in [0.15, 0.2) is 5.78 Å². The first-order valence-corrected chi connectivity index (χ1v) is 6.31. The zero-order valence-electron chi connectivity index (χ0n) is 11.0. The Morgan fingerprint density at radius 3 is 2.50 bits per heavy atom. The highest BCUT2D eigenvalue weighted by atomic mass is 19.4. The molecule has 110 valence electrons. The van der Waals surface area contributed by atoms with Crippen molar-refractivity contribution in [3.63, 3.8) is 0 Å². The van der Waals surface area contributed by atoms with E-state index in [1.807, 2.05) is 0 Å². The molecule has 1 aliphatic rings. The first-order chi connectivity index (χ1) is 9.22. The van der Waals surface area contributed by atoms with Crippen molar-refractivity contribution in [1.82, 2.24) is 0 Å². The minimum Gasteiger partial charge on any atom is -0.463 e. The normalized spacial score (nSPS) is 19.6. The maximum Gasteiger partial charge on any atom is 0.424 e. The van der Waals surface area contributed by atoms with Crippen LogP contribution in [0.5, 0.6) is 0 Å². The number of allylic oxidation sites excluding steroid dienone is 1. The lowest BCUT2D eigenvalue weighted by atomic mass is 9.86. The number of furan rings is 1. The zero-order valence-corrected chi connectivity index (χ0v) is 11.0. The predicted octanol–water partition coefficient (Wildman–Crippen LogP) is 3.41. The smallest absolute Gasteiger partial charge is 0.424 e. The van der Waals surface area contributed by atoms with Crippen molar-refractivity contribution in [1.29, 1.82) is 0 Å². The van der Waals surface area contributed by atoms with Crippen LogP contribution >= 0.6 is 0 Å². The molecule has 20 heavy (non-hydrogen) atoms. The fraction of sp³-hybridized carbons (Fsp3) is 0.500. The lowest BCUT2D eigenvalue weighted by molar-refractivity contribution is -0.272. The van der Waals surface area contributed by atoms with Crippen molar-refractivity contribution < 1.29 is 27.5 Å². The highest BCUT2D eigenvalue weighted by Crippen LogP contribution is 2.45. The number of hydrogen-bond acceptors (Lipinski definition) is 3. The number of aryl methyl sites for hydroxylation is 1. The first kappa shape index (κ1) is 14.8. The molecule has 0 spiro atoms. The summed E-state index contributed by atoms with van der Waals surface area (Å²) in [6.45, 7) is 1.50. The van der Waals surface area contributed by atoms with Crippen molar-refractivity contribution in [2.75, 3.05) is 0 Å². The molecule has 6 heteroatoms. The summed E-state index contributed by atoms with van der Waals surface area (Å²) in [4.78, 5) is 11.3. The van der Waals surface area contributed by atoms with Crippen molar-refractivity contribution in [2.45, 2.75) is 44.4 Å². The van der Waals surface area contributed by atoms with Gasteiger partial charge in [0.2, 0.25) is 5.60 Å². The van der Waals surface area contributed by atoms with Gasteiger partial charge in [-0.05, 0) is 38.0 Å². The van der Waals surface area contributed by atoms with Gasteiger partial charge in [0.25, 0.3) is 0 Å². The van der Waals surface area contributed by atoms with Crippen LogP contribution in [-0.2, 0) is 10.4 Å². The van der Waals surface area contributed by atoms with Crippen LogP contribution in [0, 0.1) is 6.92 Å². The van der Waals surface area contributed by atoms with Crippen LogP contribution in [0.15, 0.2) is 28.2 Å². The van der Waals surface area contributed by atoms with E-state index in [1.54, 1.807) is 0 Å². The molecule has 1 aliphatic carbocycles. The van der Waals surface area contributed by atoms with Crippen LogP contribution in [0.1, 0.15) is 37.2 Å². The molecule has 3 nitrogen and oxygen atoms in total. The third kappa shape index (κ3) is 2.80. The van der Waals surface area contributed by atoms with Gasteiger partial charge in [-0.1, -0.05) is 5.57 Å². The Labute approximate surface area is 114 Å². The van der Waals surface area contributed by atoms with Gasteiger partial charge in [-0.2, -0.15) is 13.2 Å². The van der Waals surface area contributed by atoms with Crippen molar-refractivity contribution >= 4 is 5.78 Å². The third-order valence-corrected chi connectivity index (χ3v) is 3.39. The van der Waals surface area contributed by atoms with Crippen LogP contribution in [-0.4, -0.2) is 17.1 Å². The molecule has 0 fully saturated rings. The number of halogens is 3. The predicted molar refractivity (Wildman–Crippen MR) is 65.0 cm³/mol. The summed E-state index contributed by atoms with van der Waals surface area (Å²) in [7, 11) is 0. The van der Waals surface area contributed by atoms with Crippen LogP contribution in [0.4, 0.5) is 13.2 Å². The SMILES string of the molecule is Cc1ccc([C@](O)(CC2=CC(=O)CCC2)C(F)(F)F)o1. The molecule has 1 aromatic heterocycles. The van der Waals surface area contributed by atoms with E-state index in [9.17, 15) is 23.1 Å². The van der Waals surface area contributed by atoms with Gasteiger partial charge >= 0.3 is 6.18 Å². The largest absolute Gasteiger partial charge is 0.463 e. The van der Waals surface area contributed by atoms with E-state index in [4.69, 9.17) is 4.42 Å². The molecule has 1 aromatic rings. The number of aliphatic hydroxyl groups is 1. The Bertz CT molecular complexity index is 542. The maximum atomic E-state index is 13.2. The summed E-state index contributed by atoms with van der Waals surface area (Å²) in [5.74, 6) is -0.454. The van der Waals surface area contributed by atoms with Crippen LogP contribution in [0.2, 0.25) is 0 Å². The fourth-order valence-electron chi connectivity index (χ4n) is 2.31. The van der Waals surface area contributed by atoms with Gasteiger partial charge in [0, 0.05) is 12.8 Å². The summed E-state index contributed by atoms with van der Waals surface area (Å²) >= 11 is 0. The number of hydrogen-bond donors (Lipinski definition) is 1. The van der Waals surface area contributed by atoms with E-state index >= 15 is 0 Å². The Balaban J connectivity index is 2.36. The second-order valence-corrected chi connectivity index (χ2v) is 5.07. The highest BCUT2D eigenvalue weighted by Gasteiger charge is 2.57. The summed E-state index contributed by atoms with van der Waals surface area (Å²) in [6.07, 6.45) is -3.11. The van der Waals surface area contributed by atoms with E-state index in [0.717, 1.165) is 6.07 Å². The fourth-order valence-corrected chi connectivity index (χ4v) is 2.31. The highest BCUT2D eigenvalue weighted by molar-refractivity contribution is 5.91. The Morgan fingerprint density at radius 1 is 1.30 bits per heavy atom. The zero-order chi connectivity index (χ0) is 15.0. The van der Waals surface area contributed by atoms with E-state index < -0.39 is 24.0 Å². The Kier molecular flexibility index (Phi) is 3.77. The van der Waals surface area contributed by atoms with Gasteiger partial charge in [0.05, 0.1) is 0 Å². The van der Waals surface area contributed by atoms with Crippen molar-refractivity contribution in [2.24, 2.45) is 0 Å². The van der Waals surface area contributed by atoms with E-state index in [2.05, 4.69) is 0 Å². The molecule has 0 saturated carbocycles. The summed E-state index contributed by atoms with van der Waals surface area (Å²) in [6, 6.07) is 2.49. The topological polar surface area (TPSA) is 50.4 Å². The van der Waals surface area contributed by atoms with Gasteiger partial charge < -0.3 is 9.52 Å². The summed E-state index contributed by atoms with van der Waals surface area (Å²) < 4.78 is 44.6. The molecule has 2 rings (SSSR count). The number of rotatable bonds is 3. The van der Waals surface area contributed by atoms with Crippen LogP contribution in [0.25, 0.3) is 0 Å². The number of carbonyl (C=O) groups is 1. The summed E-state index contributed by atoms with van der Waals surface area (Å²) in [5, 5.41) is 10.1. The monoisotopic (exact) mass is 288 g/mol. The quantitative estimate of drug-likeness (QED) is 0.927. The molecular formula is C14H15F3O3. The molecular weight excluding hydrogens is 273 g/mol. The lowest BCUT2D eigenvalue weighted by Gasteiger charge is -2.30. The lowest BCUT2D eigenvalue weighted by Crippen LogP contribution is -2.42. The molecule has 1 heterocycles. The van der Waals surface area contributed by atoms with Crippen molar-refractivity contribution in [3.8, 4) is 0 Å². The number of carbonyl (C=O) groups excluding carboxylic acids is 1. The third-order valence-electron chi connectivity index (χ3n) is 3.39. The Hall–Kier alpha value is -1.56. The van der Waals surface area contributed by atoms with E-state index in [0.29, 0.717) is 24.8 Å². The van der Waals surface area contributed by atoms with Crippen LogP contribution in [0.3, 0.4) is 0 Å². The average Bonchev–Trinajstić information content (AvgIpc) is 2.74. The molecule has 1 N–H and O–H groups in total. The molecule has 0 radical (unpaired) electrons. The molecule has 0 aromatic carbocycles. The van der Waals surface area contributed by atoms with Gasteiger partial charge in [-0.3, -0.25) is 4.79 Å². The molecule has 1 atom stereocenters. The van der Waals surface area contributed by atoms with Crippen molar-refractivity contribution in [3.05, 3.63) is 35.3 Å². The van der Waals surface area contributed by atoms with E-state index in [-0.39, 0.29) is 11.5 Å². The number of alkyl halides is 3.